The van der Waals surface area contributed by atoms with Gasteiger partial charge < -0.3 is 19.5 Å². The molecule has 0 radical (unpaired) electrons. The molecule has 0 bridgehead atoms. The predicted molar refractivity (Wildman–Crippen MR) is 95.3 cm³/mol. The first kappa shape index (κ1) is 20.1. The molecule has 2 saturated heterocycles. The number of nitrogens with one attached hydrogen (secondary N) is 2. The highest BCUT2D eigenvalue weighted by atomic mass is 28.3. The summed E-state index contributed by atoms with van der Waals surface area (Å²) in [4.78, 5) is 0. The first-order valence-corrected chi connectivity index (χ1v) is 10.4. The van der Waals surface area contributed by atoms with E-state index in [0.29, 0.717) is 6.04 Å². The van der Waals surface area contributed by atoms with Crippen LogP contribution in [0.3, 0.4) is 0 Å². The van der Waals surface area contributed by atoms with E-state index in [2.05, 4.69) is 29.0 Å². The highest BCUT2D eigenvalue weighted by Crippen LogP contribution is 2.11. The molecule has 2 rings (SSSR count). The molecule has 0 spiro atoms. The van der Waals surface area contributed by atoms with Crippen molar-refractivity contribution in [2.24, 2.45) is 5.92 Å². The Bertz CT molecular complexity index is 256. The van der Waals surface area contributed by atoms with Crippen molar-refractivity contribution in [1.29, 1.82) is 0 Å². The number of rotatable bonds is 6. The molecule has 0 aromatic heterocycles. The van der Waals surface area contributed by atoms with Gasteiger partial charge in [-0.2, -0.15) is 0 Å². The van der Waals surface area contributed by atoms with Crippen LogP contribution in [0.2, 0.25) is 0 Å². The fraction of sp³-hybridized carbons (Fsp3) is 1.00. The largest absolute Gasteiger partial charge is 0.410 e. The van der Waals surface area contributed by atoms with E-state index in [-0.39, 0.29) is 0 Å². The van der Waals surface area contributed by atoms with Crippen LogP contribution in [-0.4, -0.2) is 67.0 Å². The summed E-state index contributed by atoms with van der Waals surface area (Å²) < 4.78 is 12.9. The van der Waals surface area contributed by atoms with E-state index in [1.54, 1.807) is 14.2 Å². The lowest BCUT2D eigenvalue weighted by Crippen LogP contribution is -2.51. The molecule has 0 amide bonds. The van der Waals surface area contributed by atoms with Crippen LogP contribution in [-0.2, 0) is 8.85 Å². The van der Waals surface area contributed by atoms with Crippen LogP contribution in [0.1, 0.15) is 46.0 Å². The molecule has 132 valence electrons. The van der Waals surface area contributed by atoms with Gasteiger partial charge in [0.2, 0.25) is 0 Å². The highest BCUT2D eigenvalue weighted by molar-refractivity contribution is 6.40. The molecule has 5 nitrogen and oxygen atoms in total. The van der Waals surface area contributed by atoms with Gasteiger partial charge in [-0.05, 0) is 38.3 Å². The molecular formula is C16H37N3O2Si. The average molecular weight is 332 g/mol. The fourth-order valence-corrected chi connectivity index (χ4v) is 4.83. The molecule has 22 heavy (non-hydrogen) atoms. The van der Waals surface area contributed by atoms with Gasteiger partial charge in [0.15, 0.2) is 0 Å². The second-order valence-electron chi connectivity index (χ2n) is 6.41. The van der Waals surface area contributed by atoms with Gasteiger partial charge in [-0.1, -0.05) is 26.7 Å². The molecule has 2 atom stereocenters. The molecule has 0 aromatic carbocycles. The summed E-state index contributed by atoms with van der Waals surface area (Å²) >= 11 is 0. The lowest BCUT2D eigenvalue weighted by Gasteiger charge is -2.30. The van der Waals surface area contributed by atoms with E-state index >= 15 is 0 Å². The predicted octanol–water partition coefficient (Wildman–Crippen LogP) is 1.47. The van der Waals surface area contributed by atoms with Gasteiger partial charge in [-0.15, -0.1) is 0 Å². The van der Waals surface area contributed by atoms with Crippen LogP contribution in [0.15, 0.2) is 0 Å². The van der Waals surface area contributed by atoms with Gasteiger partial charge in [-0.3, -0.25) is 4.57 Å². The summed E-state index contributed by atoms with van der Waals surface area (Å²) in [5, 5.41) is 6.95. The van der Waals surface area contributed by atoms with Crippen molar-refractivity contribution < 1.29 is 8.85 Å². The third-order valence-electron chi connectivity index (χ3n) is 4.60. The van der Waals surface area contributed by atoms with E-state index in [1.807, 2.05) is 0 Å². The van der Waals surface area contributed by atoms with E-state index in [1.165, 1.54) is 45.2 Å². The second-order valence-corrected chi connectivity index (χ2v) is 8.69. The Balaban J connectivity index is 0.000000220. The highest BCUT2D eigenvalue weighted by Gasteiger charge is 2.22. The standard InChI is InChI=1S/C9H20N2.C7H17NO2Si/c1-3-4-8(2)9-7-10-5-6-11-9;1-9-11(10-2)8-6-4-3-5-7-8/h8-11H,3-7H2,1-2H3;11H,3-7H2,1-2H3. The topological polar surface area (TPSA) is 45.8 Å². The monoisotopic (exact) mass is 331 g/mol. The molecule has 2 unspecified atom stereocenters. The lowest BCUT2D eigenvalue weighted by molar-refractivity contribution is 0.183. The Morgan fingerprint density at radius 1 is 1.14 bits per heavy atom. The first-order valence-electron chi connectivity index (χ1n) is 8.96. The van der Waals surface area contributed by atoms with E-state index in [9.17, 15) is 0 Å². The molecule has 2 aliphatic heterocycles. The Kier molecular flexibility index (Phi) is 11.3. The van der Waals surface area contributed by atoms with Gasteiger partial charge in [0.05, 0.1) is 0 Å². The molecule has 0 aromatic rings. The van der Waals surface area contributed by atoms with Crippen molar-refractivity contribution in [3.63, 3.8) is 0 Å². The zero-order valence-electron chi connectivity index (χ0n) is 15.1. The second kappa shape index (κ2) is 12.4. The number of piperazine rings is 1. The third-order valence-corrected chi connectivity index (χ3v) is 6.51. The maximum Gasteiger partial charge on any atom is 0.410 e. The SMILES string of the molecule is CCCC(C)C1CNCCN1.CO[SiH](OC)N1CCCCC1. The summed E-state index contributed by atoms with van der Waals surface area (Å²) in [6, 6.07) is 0.712. The molecule has 2 N–H and O–H groups in total. The molecule has 2 aliphatic rings. The Morgan fingerprint density at radius 3 is 2.32 bits per heavy atom. The van der Waals surface area contributed by atoms with E-state index < -0.39 is 9.45 Å². The Morgan fingerprint density at radius 2 is 1.82 bits per heavy atom. The Labute approximate surface area is 139 Å². The van der Waals surface area contributed by atoms with Crippen molar-refractivity contribution in [2.75, 3.05) is 46.9 Å². The van der Waals surface area contributed by atoms with Gasteiger partial charge in [0.25, 0.3) is 0 Å². The first-order chi connectivity index (χ1) is 10.7. The van der Waals surface area contributed by atoms with Crippen molar-refractivity contribution in [3.8, 4) is 0 Å². The molecule has 6 heteroatoms. The van der Waals surface area contributed by atoms with E-state index in [4.69, 9.17) is 8.85 Å². The van der Waals surface area contributed by atoms with Crippen LogP contribution in [0.4, 0.5) is 0 Å². The smallest absolute Gasteiger partial charge is 0.388 e. The molecule has 0 aliphatic carbocycles. The van der Waals surface area contributed by atoms with Crippen LogP contribution in [0.25, 0.3) is 0 Å². The summed E-state index contributed by atoms with van der Waals surface area (Å²) in [7, 11) is 2.05. The van der Waals surface area contributed by atoms with Crippen LogP contribution < -0.4 is 10.6 Å². The van der Waals surface area contributed by atoms with Gasteiger partial charge in [0.1, 0.15) is 0 Å². The number of nitrogens with zero attached hydrogens (tertiary/aromatic N) is 1. The average Bonchev–Trinajstić information content (AvgIpc) is 2.59. The van der Waals surface area contributed by atoms with Crippen molar-refractivity contribution in [1.82, 2.24) is 15.2 Å². The number of hydrogen-bond acceptors (Lipinski definition) is 5. The normalized spacial score (nSPS) is 24.7. The minimum Gasteiger partial charge on any atom is -0.388 e. The van der Waals surface area contributed by atoms with Crippen molar-refractivity contribution in [2.45, 2.75) is 52.0 Å². The van der Waals surface area contributed by atoms with Crippen LogP contribution in [0, 0.1) is 5.92 Å². The summed E-state index contributed by atoms with van der Waals surface area (Å²) in [5.74, 6) is 0.827. The maximum atomic E-state index is 5.28. The molecule has 0 saturated carbocycles. The minimum atomic E-state index is -1.44. The van der Waals surface area contributed by atoms with Gasteiger partial charge >= 0.3 is 9.45 Å². The Hall–Kier alpha value is 0.0169. The maximum absolute atomic E-state index is 5.28. The van der Waals surface area contributed by atoms with Gasteiger partial charge in [0, 0.05) is 39.9 Å². The van der Waals surface area contributed by atoms with E-state index in [0.717, 1.165) is 25.6 Å². The number of piperidine rings is 1. The number of hydrogen-bond donors (Lipinski definition) is 2. The lowest BCUT2D eigenvalue weighted by atomic mass is 9.96. The molecule has 2 heterocycles. The summed E-state index contributed by atoms with van der Waals surface area (Å²) in [5.41, 5.74) is 0. The minimum absolute atomic E-state index is 0.712. The van der Waals surface area contributed by atoms with Gasteiger partial charge in [-0.25, -0.2) is 0 Å². The molecular weight excluding hydrogens is 294 g/mol. The van der Waals surface area contributed by atoms with Crippen LogP contribution in [0.5, 0.6) is 0 Å². The van der Waals surface area contributed by atoms with Crippen molar-refractivity contribution in [3.05, 3.63) is 0 Å². The fourth-order valence-electron chi connectivity index (χ4n) is 3.26. The van der Waals surface area contributed by atoms with Crippen molar-refractivity contribution >= 4 is 9.45 Å². The quantitative estimate of drug-likeness (QED) is 0.722. The summed E-state index contributed by atoms with van der Waals surface area (Å²) in [6.07, 6.45) is 6.62. The van der Waals surface area contributed by atoms with Crippen LogP contribution >= 0.6 is 0 Å². The zero-order chi connectivity index (χ0) is 16.2. The molecule has 2 fully saturated rings. The summed E-state index contributed by atoms with van der Waals surface area (Å²) in [6.45, 7) is 10.4. The zero-order valence-corrected chi connectivity index (χ0v) is 16.2. The third kappa shape index (κ3) is 7.52.